The summed E-state index contributed by atoms with van der Waals surface area (Å²) < 4.78 is 7.66. The maximum atomic E-state index is 5.87. The number of hydrogen-bond acceptors (Lipinski definition) is 5. The minimum Gasteiger partial charge on any atom is -0.489 e. The molecule has 2 aromatic heterocycles. The summed E-state index contributed by atoms with van der Waals surface area (Å²) in [4.78, 5) is 5.67. The first-order valence-electron chi connectivity index (χ1n) is 8.27. The highest BCUT2D eigenvalue weighted by molar-refractivity contribution is 7.13. The molecule has 2 aromatic carbocycles. The Morgan fingerprint density at radius 1 is 1.08 bits per heavy atom. The van der Waals surface area contributed by atoms with Gasteiger partial charge in [-0.1, -0.05) is 42.5 Å². The molecular weight excluding hydrogens is 344 g/mol. The molecule has 4 rings (SSSR count). The Morgan fingerprint density at radius 2 is 1.96 bits per heavy atom. The molecule has 0 radical (unpaired) electrons. The van der Waals surface area contributed by atoms with Gasteiger partial charge in [0, 0.05) is 20.2 Å². The lowest BCUT2D eigenvalue weighted by Crippen LogP contribution is -1.97. The molecule has 0 aliphatic rings. The van der Waals surface area contributed by atoms with Crippen molar-refractivity contribution in [3.63, 3.8) is 0 Å². The Labute approximate surface area is 157 Å². The summed E-state index contributed by atoms with van der Waals surface area (Å²) in [6.07, 6.45) is 0. The lowest BCUT2D eigenvalue weighted by Gasteiger charge is -2.08. The first-order chi connectivity index (χ1) is 12.8. The van der Waals surface area contributed by atoms with Crippen molar-refractivity contribution < 1.29 is 6.16 Å². The summed E-state index contributed by atoms with van der Waals surface area (Å²) in [5, 5.41) is 9.73. The number of benzene rings is 2. The number of thiophene rings is 1. The van der Waals surface area contributed by atoms with Gasteiger partial charge in [0.05, 0.1) is 4.88 Å². The molecule has 0 aliphatic heterocycles. The van der Waals surface area contributed by atoms with Gasteiger partial charge in [-0.3, -0.25) is 0 Å². The van der Waals surface area contributed by atoms with Crippen LogP contribution in [0.2, 0.25) is 0 Å². The second kappa shape index (κ2) is 7.41. The van der Waals surface area contributed by atoms with E-state index in [0.29, 0.717) is 12.6 Å². The van der Waals surface area contributed by atoms with E-state index in [2.05, 4.69) is 15.4 Å². The first-order valence-corrected chi connectivity index (χ1v) is 9.14. The summed E-state index contributed by atoms with van der Waals surface area (Å²) in [5.41, 5.74) is 2.02. The average Bonchev–Trinajstić information content (AvgIpc) is 3.31. The van der Waals surface area contributed by atoms with Crippen LogP contribution >= 0.6 is 11.3 Å². The second-order valence-corrected chi connectivity index (χ2v) is 6.73. The molecule has 0 saturated carbocycles. The van der Waals surface area contributed by atoms with Crippen LogP contribution in [0.1, 0.15) is 6.99 Å². The Morgan fingerprint density at radius 3 is 2.77 bits per heavy atom. The number of aryl methyl sites for hydroxylation is 1. The molecule has 1 N–H and O–H groups in total. The van der Waals surface area contributed by atoms with Crippen molar-refractivity contribution in [1.82, 2.24) is 14.8 Å². The zero-order valence-electron chi connectivity index (χ0n) is 14.3. The molecule has 0 fully saturated rings. The third-order valence-corrected chi connectivity index (χ3v) is 4.71. The number of nitrogens with zero attached hydrogens (tertiary/aromatic N) is 3. The monoisotopic (exact) mass is 364 g/mol. The average molecular weight is 364 g/mol. The van der Waals surface area contributed by atoms with Crippen LogP contribution < -0.4 is 10.1 Å². The summed E-state index contributed by atoms with van der Waals surface area (Å²) in [6, 6.07) is 22.0. The van der Waals surface area contributed by atoms with E-state index >= 15 is 0 Å². The fourth-order valence-electron chi connectivity index (χ4n) is 2.59. The van der Waals surface area contributed by atoms with Crippen LogP contribution in [0.15, 0.2) is 72.1 Å². The first kappa shape index (κ1) is 16.4. The lowest BCUT2D eigenvalue weighted by molar-refractivity contribution is 0.306. The SMILES string of the molecule is Cn1nc(Nc2cccc(OCc3ccccc3)c2)nc1-c1cccs1.[HH]. The van der Waals surface area contributed by atoms with Crippen LogP contribution in [0, 0.1) is 0 Å². The van der Waals surface area contributed by atoms with Gasteiger partial charge in [0.25, 0.3) is 0 Å². The van der Waals surface area contributed by atoms with Crippen LogP contribution in [0.25, 0.3) is 10.7 Å². The molecule has 0 unspecified atom stereocenters. The van der Waals surface area contributed by atoms with E-state index in [9.17, 15) is 0 Å². The summed E-state index contributed by atoms with van der Waals surface area (Å²) in [7, 11) is 1.90. The van der Waals surface area contributed by atoms with Crippen molar-refractivity contribution in [2.24, 2.45) is 7.05 Å². The van der Waals surface area contributed by atoms with E-state index in [0.717, 1.165) is 27.7 Å². The quantitative estimate of drug-likeness (QED) is 0.516. The number of anilines is 2. The van der Waals surface area contributed by atoms with Crippen molar-refractivity contribution in [3.8, 4) is 16.5 Å². The van der Waals surface area contributed by atoms with Crippen LogP contribution in [-0.4, -0.2) is 14.8 Å². The maximum Gasteiger partial charge on any atom is 0.247 e. The molecule has 2 heterocycles. The van der Waals surface area contributed by atoms with Gasteiger partial charge in [-0.25, -0.2) is 4.68 Å². The molecular formula is C20H20N4OS. The van der Waals surface area contributed by atoms with Gasteiger partial charge in [0.2, 0.25) is 5.95 Å². The van der Waals surface area contributed by atoms with Gasteiger partial charge in [-0.05, 0) is 29.1 Å². The molecule has 4 aromatic rings. The van der Waals surface area contributed by atoms with Gasteiger partial charge in [0.15, 0.2) is 5.82 Å². The highest BCUT2D eigenvalue weighted by Gasteiger charge is 2.10. The van der Waals surface area contributed by atoms with Crippen LogP contribution in [0.4, 0.5) is 11.6 Å². The minimum absolute atomic E-state index is 0. The van der Waals surface area contributed by atoms with E-state index in [1.165, 1.54) is 0 Å². The van der Waals surface area contributed by atoms with E-state index in [-0.39, 0.29) is 1.43 Å². The molecule has 0 atom stereocenters. The zero-order valence-corrected chi connectivity index (χ0v) is 15.1. The van der Waals surface area contributed by atoms with Crippen LogP contribution in [0.3, 0.4) is 0 Å². The number of hydrogen-bond donors (Lipinski definition) is 1. The van der Waals surface area contributed by atoms with Gasteiger partial charge in [-0.15, -0.1) is 16.4 Å². The third kappa shape index (κ3) is 3.75. The molecule has 0 saturated heterocycles. The largest absolute Gasteiger partial charge is 0.489 e. The standard InChI is InChI=1S/C20H18N4OS.H2/c1-24-19(18-11-6-12-26-18)22-20(23-24)21-16-9-5-10-17(13-16)25-14-15-7-3-2-4-8-15;/h2-13H,14H2,1H3,(H,21,23);1H. The summed E-state index contributed by atoms with van der Waals surface area (Å²) in [6.45, 7) is 0.536. The van der Waals surface area contributed by atoms with Gasteiger partial charge < -0.3 is 10.1 Å². The predicted octanol–water partition coefficient (Wildman–Crippen LogP) is 5.11. The minimum atomic E-state index is 0. The molecule has 0 amide bonds. The van der Waals surface area contributed by atoms with E-state index in [4.69, 9.17) is 4.74 Å². The van der Waals surface area contributed by atoms with Crippen LogP contribution in [-0.2, 0) is 13.7 Å². The van der Waals surface area contributed by atoms with Crippen molar-refractivity contribution in [2.75, 3.05) is 5.32 Å². The van der Waals surface area contributed by atoms with Crippen molar-refractivity contribution in [1.29, 1.82) is 0 Å². The van der Waals surface area contributed by atoms with Gasteiger partial charge >= 0.3 is 0 Å². The molecule has 0 spiro atoms. The van der Waals surface area contributed by atoms with Crippen molar-refractivity contribution in [2.45, 2.75) is 6.61 Å². The molecule has 6 heteroatoms. The van der Waals surface area contributed by atoms with Crippen molar-refractivity contribution >= 4 is 23.0 Å². The maximum absolute atomic E-state index is 5.87. The normalized spacial score (nSPS) is 10.7. The Hall–Kier alpha value is -3.12. The Bertz CT molecular complexity index is 986. The molecule has 0 aliphatic carbocycles. The fourth-order valence-corrected chi connectivity index (χ4v) is 3.34. The van der Waals surface area contributed by atoms with E-state index < -0.39 is 0 Å². The topological polar surface area (TPSA) is 52.0 Å². The molecule has 5 nitrogen and oxygen atoms in total. The van der Waals surface area contributed by atoms with Crippen molar-refractivity contribution in [3.05, 3.63) is 77.7 Å². The summed E-state index contributed by atoms with van der Waals surface area (Å²) in [5.74, 6) is 2.21. The lowest BCUT2D eigenvalue weighted by atomic mass is 10.2. The number of nitrogens with one attached hydrogen (secondary N) is 1. The van der Waals surface area contributed by atoms with Gasteiger partial charge in [-0.2, -0.15) is 4.98 Å². The smallest absolute Gasteiger partial charge is 0.247 e. The molecule has 132 valence electrons. The summed E-state index contributed by atoms with van der Waals surface area (Å²) >= 11 is 1.65. The predicted molar refractivity (Wildman–Crippen MR) is 107 cm³/mol. The highest BCUT2D eigenvalue weighted by atomic mass is 32.1. The second-order valence-electron chi connectivity index (χ2n) is 5.79. The third-order valence-electron chi connectivity index (χ3n) is 3.84. The Kier molecular flexibility index (Phi) is 4.66. The van der Waals surface area contributed by atoms with E-state index in [1.807, 2.05) is 79.2 Å². The Balaban J connectivity index is 0.00000210. The fraction of sp³-hybridized carbons (Fsp3) is 0.100. The molecule has 0 bridgehead atoms. The number of ether oxygens (including phenoxy) is 1. The van der Waals surface area contributed by atoms with Gasteiger partial charge in [0.1, 0.15) is 12.4 Å². The number of aromatic nitrogens is 3. The highest BCUT2D eigenvalue weighted by Crippen LogP contribution is 2.25. The van der Waals surface area contributed by atoms with Crippen LogP contribution in [0.5, 0.6) is 5.75 Å². The zero-order chi connectivity index (χ0) is 17.8. The molecule has 26 heavy (non-hydrogen) atoms. The van der Waals surface area contributed by atoms with E-state index in [1.54, 1.807) is 16.0 Å². The number of rotatable bonds is 6.